The maximum atomic E-state index is 9.70. The highest BCUT2D eigenvalue weighted by atomic mass is 14.6. The summed E-state index contributed by atoms with van der Waals surface area (Å²) in [5, 5.41) is 14.7. The van der Waals surface area contributed by atoms with Gasteiger partial charge in [-0.25, -0.2) is 0 Å². The topological polar surface area (TPSA) is 23.8 Å². The number of nitriles is 1. The molecule has 0 amide bonds. The fourth-order valence-electron chi connectivity index (χ4n) is 12.0. The molecule has 0 aromatic heterocycles. The molecule has 0 aliphatic heterocycles. The monoisotopic (exact) mass is 763 g/mol. The molecule has 4 atom stereocenters. The van der Waals surface area contributed by atoms with Crippen LogP contribution in [0.3, 0.4) is 0 Å². The quantitative estimate of drug-likeness (QED) is 0.160. The first kappa shape index (κ1) is 34.7. The van der Waals surface area contributed by atoms with Crippen LogP contribution in [0.4, 0.5) is 0 Å². The van der Waals surface area contributed by atoms with Crippen LogP contribution >= 0.6 is 0 Å². The zero-order valence-corrected chi connectivity index (χ0v) is 33.2. The predicted octanol–water partition coefficient (Wildman–Crippen LogP) is 14.3. The molecular weight excluding hydrogens is 723 g/mol. The maximum Gasteiger partial charge on any atom is 0.0988 e. The summed E-state index contributed by atoms with van der Waals surface area (Å²) in [5.74, 6) is 0.400. The van der Waals surface area contributed by atoms with Crippen molar-refractivity contribution in [3.63, 3.8) is 0 Å². The van der Waals surface area contributed by atoms with Crippen LogP contribution in [0, 0.1) is 17.2 Å². The third-order valence-electron chi connectivity index (χ3n) is 14.2. The average Bonchev–Trinajstić information content (AvgIpc) is 3.64. The van der Waals surface area contributed by atoms with Gasteiger partial charge >= 0.3 is 0 Å². The van der Waals surface area contributed by atoms with Crippen LogP contribution in [0.1, 0.15) is 63.3 Å². The average molecular weight is 764 g/mol. The summed E-state index contributed by atoms with van der Waals surface area (Å²) >= 11 is 0. The lowest BCUT2D eigenvalue weighted by Crippen LogP contribution is -2.47. The maximum absolute atomic E-state index is 9.70. The minimum absolute atomic E-state index is 0.160. The number of fused-ring (bicyclic) bond motifs is 7. The standard InChI is InChI=1S/C59H41N/c60-38-39-34-36-40(37-35-39)55-44-23-7-9-25-46(44)56(47-26-10-8-24-45(47)55)49-27-12-14-30-51(49)58(41-18-3-1-4-19-41)52-31-15-16-32-53(52)59(42-20-5-2-6-21-42)50-29-13-11-22-43(50)48-28-17-33-54(58)57(48)59/h1-20,22-36,40,42H,21,37H2. The first-order chi connectivity index (χ1) is 29.8. The van der Waals surface area contributed by atoms with E-state index in [0.29, 0.717) is 0 Å². The van der Waals surface area contributed by atoms with E-state index < -0.39 is 5.41 Å². The summed E-state index contributed by atoms with van der Waals surface area (Å²) in [7, 11) is 0. The van der Waals surface area contributed by atoms with E-state index in [4.69, 9.17) is 0 Å². The van der Waals surface area contributed by atoms with Gasteiger partial charge < -0.3 is 0 Å². The van der Waals surface area contributed by atoms with E-state index in [9.17, 15) is 5.26 Å². The Bertz CT molecular complexity index is 3190. The van der Waals surface area contributed by atoms with E-state index in [0.717, 1.165) is 18.4 Å². The SMILES string of the molecule is N#CC1=CCC(c2c3ccccc3c(-c3ccccc3C3(c4ccccc4)c4ccccc4C4(C5C=CC=CC5)c5ccccc5-c5cccc3c54)c3ccccc23)C=C1. The fourth-order valence-corrected chi connectivity index (χ4v) is 12.0. The highest BCUT2D eigenvalue weighted by Gasteiger charge is 2.59. The number of allylic oxidation sites excluding steroid dienone is 8. The summed E-state index contributed by atoms with van der Waals surface area (Å²) in [6.45, 7) is 0. The Hall–Kier alpha value is -7.27. The van der Waals surface area contributed by atoms with Crippen LogP contribution in [-0.2, 0) is 10.8 Å². The van der Waals surface area contributed by atoms with Gasteiger partial charge in [-0.15, -0.1) is 0 Å². The summed E-state index contributed by atoms with van der Waals surface area (Å²) in [5.41, 5.74) is 15.7. The number of nitrogens with zero attached hydrogens (tertiary/aromatic N) is 1. The molecule has 0 spiro atoms. The van der Waals surface area contributed by atoms with Crippen molar-refractivity contribution in [1.82, 2.24) is 0 Å². The Morgan fingerprint density at radius 1 is 0.483 bits per heavy atom. The second kappa shape index (κ2) is 13.4. The van der Waals surface area contributed by atoms with E-state index in [2.05, 4.69) is 212 Å². The second-order valence-electron chi connectivity index (χ2n) is 16.8. The van der Waals surface area contributed by atoms with Gasteiger partial charge in [-0.2, -0.15) is 5.26 Å². The zero-order chi connectivity index (χ0) is 39.8. The van der Waals surface area contributed by atoms with Gasteiger partial charge in [0.15, 0.2) is 0 Å². The van der Waals surface area contributed by atoms with Crippen molar-refractivity contribution in [1.29, 1.82) is 5.26 Å². The lowest BCUT2D eigenvalue weighted by atomic mass is 9.49. The lowest BCUT2D eigenvalue weighted by molar-refractivity contribution is 0.431. The van der Waals surface area contributed by atoms with Crippen molar-refractivity contribution < 1.29 is 0 Å². The van der Waals surface area contributed by atoms with Crippen LogP contribution < -0.4 is 0 Å². The van der Waals surface area contributed by atoms with Crippen LogP contribution in [0.2, 0.25) is 0 Å². The van der Waals surface area contributed by atoms with E-state index in [1.165, 1.54) is 88.3 Å². The third kappa shape index (κ3) is 4.57. The third-order valence-corrected chi connectivity index (χ3v) is 14.2. The van der Waals surface area contributed by atoms with Crippen molar-refractivity contribution in [3.8, 4) is 28.3 Å². The van der Waals surface area contributed by atoms with E-state index in [-0.39, 0.29) is 17.3 Å². The van der Waals surface area contributed by atoms with Gasteiger partial charge in [0.1, 0.15) is 0 Å². The van der Waals surface area contributed by atoms with Crippen molar-refractivity contribution in [2.75, 3.05) is 0 Å². The molecule has 0 N–H and O–H groups in total. The number of hydrogen-bond acceptors (Lipinski definition) is 1. The molecule has 4 unspecified atom stereocenters. The van der Waals surface area contributed by atoms with E-state index in [1.54, 1.807) is 0 Å². The smallest absolute Gasteiger partial charge is 0.0988 e. The van der Waals surface area contributed by atoms with Gasteiger partial charge in [0.2, 0.25) is 0 Å². The molecule has 8 aromatic rings. The Labute approximate surface area is 351 Å². The lowest BCUT2D eigenvalue weighted by Gasteiger charge is -2.52. The van der Waals surface area contributed by atoms with Gasteiger partial charge in [0.05, 0.1) is 16.9 Å². The molecule has 4 aliphatic rings. The number of hydrogen-bond donors (Lipinski definition) is 0. The molecule has 12 rings (SSSR count). The molecule has 0 radical (unpaired) electrons. The van der Waals surface area contributed by atoms with Crippen LogP contribution in [0.15, 0.2) is 218 Å². The van der Waals surface area contributed by atoms with Gasteiger partial charge in [0, 0.05) is 11.5 Å². The molecule has 0 saturated heterocycles. The molecule has 282 valence electrons. The first-order valence-corrected chi connectivity index (χ1v) is 21.3. The highest BCUT2D eigenvalue weighted by Crippen LogP contribution is 2.67. The predicted molar refractivity (Wildman–Crippen MR) is 247 cm³/mol. The second-order valence-corrected chi connectivity index (χ2v) is 16.8. The molecule has 0 fully saturated rings. The summed E-state index contributed by atoms with van der Waals surface area (Å²) < 4.78 is 0. The van der Waals surface area contributed by atoms with E-state index >= 15 is 0 Å². The minimum Gasteiger partial charge on any atom is -0.192 e. The fraction of sp³-hybridized carbons (Fsp3) is 0.102. The number of rotatable bonds is 5. The molecule has 0 heterocycles. The Morgan fingerprint density at radius 3 is 1.77 bits per heavy atom. The Balaban J connectivity index is 1.23. The van der Waals surface area contributed by atoms with Crippen LogP contribution in [-0.4, -0.2) is 0 Å². The molecule has 1 nitrogen and oxygen atoms in total. The Kier molecular flexibility index (Phi) is 7.75. The van der Waals surface area contributed by atoms with Crippen molar-refractivity contribution in [2.45, 2.75) is 29.6 Å². The van der Waals surface area contributed by atoms with Crippen molar-refractivity contribution in [2.24, 2.45) is 5.92 Å². The molecule has 0 bridgehead atoms. The van der Waals surface area contributed by atoms with E-state index in [1.807, 2.05) is 6.08 Å². The highest BCUT2D eigenvalue weighted by molar-refractivity contribution is 6.16. The summed E-state index contributed by atoms with van der Waals surface area (Å²) in [4.78, 5) is 0. The molecular formula is C59H41N. The van der Waals surface area contributed by atoms with Gasteiger partial charge in [-0.3, -0.25) is 0 Å². The van der Waals surface area contributed by atoms with Gasteiger partial charge in [-0.05, 0) is 113 Å². The van der Waals surface area contributed by atoms with Gasteiger partial charge in [-0.1, -0.05) is 206 Å². The summed E-state index contributed by atoms with van der Waals surface area (Å²) in [6, 6.07) is 66.8. The molecule has 8 aromatic carbocycles. The molecule has 4 aliphatic carbocycles. The van der Waals surface area contributed by atoms with Crippen LogP contribution in [0.25, 0.3) is 43.8 Å². The normalized spacial score (nSPS) is 21.9. The minimum atomic E-state index is -0.662. The molecule has 1 heteroatoms. The zero-order valence-electron chi connectivity index (χ0n) is 33.2. The molecule has 0 saturated carbocycles. The van der Waals surface area contributed by atoms with Gasteiger partial charge in [0.25, 0.3) is 0 Å². The van der Waals surface area contributed by atoms with Crippen molar-refractivity contribution in [3.05, 3.63) is 262 Å². The largest absolute Gasteiger partial charge is 0.192 e. The number of benzene rings is 8. The first-order valence-electron chi connectivity index (χ1n) is 21.3. The van der Waals surface area contributed by atoms with Crippen LogP contribution in [0.5, 0.6) is 0 Å². The Morgan fingerprint density at radius 2 is 1.08 bits per heavy atom. The molecule has 60 heavy (non-hydrogen) atoms. The summed E-state index contributed by atoms with van der Waals surface area (Å²) in [6.07, 6.45) is 17.4. The van der Waals surface area contributed by atoms with Crippen molar-refractivity contribution >= 4 is 21.5 Å².